The van der Waals surface area contributed by atoms with E-state index in [1.807, 2.05) is 0 Å². The van der Waals surface area contributed by atoms with Gasteiger partial charge in [-0.2, -0.15) is 18.4 Å². The summed E-state index contributed by atoms with van der Waals surface area (Å²) in [7, 11) is 0. The first-order valence-electron chi connectivity index (χ1n) is 5.19. The van der Waals surface area contributed by atoms with Crippen LogP contribution >= 0.6 is 0 Å². The maximum absolute atomic E-state index is 12.3. The highest BCUT2D eigenvalue weighted by Crippen LogP contribution is 2.26. The lowest BCUT2D eigenvalue weighted by atomic mass is 10.2. The van der Waals surface area contributed by atoms with Crippen molar-refractivity contribution < 1.29 is 18.0 Å². The minimum atomic E-state index is -4.68. The first-order chi connectivity index (χ1) is 9.38. The SMILES string of the molecule is O=C(NCc1nn[nH]n1)c1ccc(C(F)(F)F)[nH]c1=O. The van der Waals surface area contributed by atoms with Gasteiger partial charge < -0.3 is 10.3 Å². The van der Waals surface area contributed by atoms with Crippen molar-refractivity contribution in [3.63, 3.8) is 0 Å². The van der Waals surface area contributed by atoms with E-state index in [1.165, 1.54) is 0 Å². The molecular weight excluding hydrogens is 281 g/mol. The maximum Gasteiger partial charge on any atom is 0.431 e. The fraction of sp³-hybridized carbons (Fsp3) is 0.222. The van der Waals surface area contributed by atoms with Crippen molar-refractivity contribution in [3.05, 3.63) is 39.6 Å². The number of aromatic nitrogens is 5. The van der Waals surface area contributed by atoms with Gasteiger partial charge in [-0.1, -0.05) is 5.21 Å². The van der Waals surface area contributed by atoms with Crippen molar-refractivity contribution in [3.8, 4) is 0 Å². The summed E-state index contributed by atoms with van der Waals surface area (Å²) >= 11 is 0. The van der Waals surface area contributed by atoms with Crippen LogP contribution in [0.2, 0.25) is 0 Å². The van der Waals surface area contributed by atoms with Crippen LogP contribution in [0.1, 0.15) is 21.9 Å². The van der Waals surface area contributed by atoms with Gasteiger partial charge in [0.05, 0.1) is 6.54 Å². The molecule has 106 valence electrons. The molecule has 0 atom stereocenters. The van der Waals surface area contributed by atoms with Gasteiger partial charge in [-0.3, -0.25) is 9.59 Å². The van der Waals surface area contributed by atoms with Gasteiger partial charge in [0.1, 0.15) is 11.3 Å². The maximum atomic E-state index is 12.3. The number of pyridine rings is 1. The number of nitrogens with one attached hydrogen (secondary N) is 3. The van der Waals surface area contributed by atoms with Gasteiger partial charge in [-0.05, 0) is 12.1 Å². The van der Waals surface area contributed by atoms with Gasteiger partial charge in [0.2, 0.25) is 0 Å². The molecule has 2 aromatic heterocycles. The number of carbonyl (C=O) groups is 1. The number of hydrogen-bond acceptors (Lipinski definition) is 5. The summed E-state index contributed by atoms with van der Waals surface area (Å²) in [6.07, 6.45) is -4.68. The highest BCUT2D eigenvalue weighted by molar-refractivity contribution is 5.93. The van der Waals surface area contributed by atoms with Crippen molar-refractivity contribution in [1.82, 2.24) is 30.9 Å². The zero-order valence-corrected chi connectivity index (χ0v) is 9.65. The molecule has 0 aliphatic heterocycles. The Morgan fingerprint density at radius 3 is 2.65 bits per heavy atom. The first-order valence-corrected chi connectivity index (χ1v) is 5.19. The molecule has 20 heavy (non-hydrogen) atoms. The third-order valence-electron chi connectivity index (χ3n) is 2.26. The second kappa shape index (κ2) is 5.11. The number of nitrogens with zero attached hydrogens (tertiary/aromatic N) is 3. The van der Waals surface area contributed by atoms with Crippen molar-refractivity contribution in [1.29, 1.82) is 0 Å². The van der Waals surface area contributed by atoms with Crippen LogP contribution in [0.15, 0.2) is 16.9 Å². The predicted molar refractivity (Wildman–Crippen MR) is 57.4 cm³/mol. The molecule has 0 aromatic carbocycles. The minimum Gasteiger partial charge on any atom is -0.344 e. The first kappa shape index (κ1) is 13.7. The number of hydrogen-bond donors (Lipinski definition) is 3. The van der Waals surface area contributed by atoms with Crippen LogP contribution in [0.5, 0.6) is 0 Å². The lowest BCUT2D eigenvalue weighted by Gasteiger charge is -2.07. The summed E-state index contributed by atoms with van der Waals surface area (Å²) < 4.78 is 37.0. The Labute approximate surface area is 108 Å². The zero-order valence-electron chi connectivity index (χ0n) is 9.65. The Morgan fingerprint density at radius 1 is 1.35 bits per heavy atom. The molecule has 0 saturated carbocycles. The summed E-state index contributed by atoms with van der Waals surface area (Å²) in [4.78, 5) is 24.6. The van der Waals surface area contributed by atoms with Crippen LogP contribution in [-0.2, 0) is 12.7 Å². The molecule has 11 heteroatoms. The summed E-state index contributed by atoms with van der Waals surface area (Å²) in [5, 5.41) is 14.8. The molecule has 0 aliphatic rings. The molecule has 1 amide bonds. The smallest absolute Gasteiger partial charge is 0.344 e. The number of carbonyl (C=O) groups excluding carboxylic acids is 1. The molecule has 2 heterocycles. The number of tetrazole rings is 1. The standard InChI is InChI=1S/C9H7F3N6O2/c10-9(11,12)5-2-1-4(8(20)14-5)7(19)13-3-6-15-17-18-16-6/h1-2H,3H2,(H,13,19)(H,14,20)(H,15,16,17,18). The fourth-order valence-corrected chi connectivity index (χ4v) is 1.33. The summed E-state index contributed by atoms with van der Waals surface area (Å²) in [6.45, 7) is -0.115. The molecule has 0 fully saturated rings. The van der Waals surface area contributed by atoms with E-state index in [1.54, 1.807) is 4.98 Å². The lowest BCUT2D eigenvalue weighted by molar-refractivity contribution is -0.141. The molecule has 2 aromatic rings. The Balaban J connectivity index is 2.13. The zero-order chi connectivity index (χ0) is 14.8. The second-order valence-electron chi connectivity index (χ2n) is 3.62. The molecule has 8 nitrogen and oxygen atoms in total. The Morgan fingerprint density at radius 2 is 2.10 bits per heavy atom. The molecular formula is C9H7F3N6O2. The van der Waals surface area contributed by atoms with Crippen LogP contribution in [0, 0.1) is 0 Å². The van der Waals surface area contributed by atoms with Crippen LogP contribution < -0.4 is 10.9 Å². The van der Waals surface area contributed by atoms with E-state index in [0.29, 0.717) is 6.07 Å². The predicted octanol–water partition coefficient (Wildman–Crippen LogP) is -0.163. The number of rotatable bonds is 3. The van der Waals surface area contributed by atoms with Crippen molar-refractivity contribution in [2.24, 2.45) is 0 Å². The van der Waals surface area contributed by atoms with E-state index in [0.717, 1.165) is 6.07 Å². The second-order valence-corrected chi connectivity index (χ2v) is 3.62. The average Bonchev–Trinajstić information content (AvgIpc) is 2.87. The molecule has 3 N–H and O–H groups in total. The topological polar surface area (TPSA) is 116 Å². The van der Waals surface area contributed by atoms with Gasteiger partial charge in [0.25, 0.3) is 11.5 Å². The quantitative estimate of drug-likeness (QED) is 0.725. The van der Waals surface area contributed by atoms with Crippen molar-refractivity contribution in [2.45, 2.75) is 12.7 Å². The van der Waals surface area contributed by atoms with Gasteiger partial charge in [0, 0.05) is 0 Å². The molecule has 0 radical (unpaired) electrons. The van der Waals surface area contributed by atoms with Crippen molar-refractivity contribution >= 4 is 5.91 Å². The van der Waals surface area contributed by atoms with E-state index in [9.17, 15) is 22.8 Å². The van der Waals surface area contributed by atoms with Gasteiger partial charge >= 0.3 is 6.18 Å². The fourth-order valence-electron chi connectivity index (χ4n) is 1.33. The van der Waals surface area contributed by atoms with E-state index < -0.39 is 28.9 Å². The Kier molecular flexibility index (Phi) is 3.50. The van der Waals surface area contributed by atoms with Crippen LogP contribution in [0.25, 0.3) is 0 Å². The number of H-pyrrole nitrogens is 2. The highest BCUT2D eigenvalue weighted by atomic mass is 19.4. The van der Waals surface area contributed by atoms with Gasteiger partial charge in [0.15, 0.2) is 5.82 Å². The highest BCUT2D eigenvalue weighted by Gasteiger charge is 2.32. The summed E-state index contributed by atoms with van der Waals surface area (Å²) in [6, 6.07) is 1.41. The molecule has 0 unspecified atom stereocenters. The Hall–Kier alpha value is -2.72. The van der Waals surface area contributed by atoms with Gasteiger partial charge in [-0.25, -0.2) is 0 Å². The monoisotopic (exact) mass is 288 g/mol. The summed E-state index contributed by atoms with van der Waals surface area (Å²) in [5.74, 6) is -0.675. The minimum absolute atomic E-state index is 0.115. The van der Waals surface area contributed by atoms with Crippen LogP contribution in [0.3, 0.4) is 0 Å². The van der Waals surface area contributed by atoms with E-state index >= 15 is 0 Å². The normalized spacial score (nSPS) is 11.3. The van der Waals surface area contributed by atoms with Crippen molar-refractivity contribution in [2.75, 3.05) is 0 Å². The number of aromatic amines is 2. The largest absolute Gasteiger partial charge is 0.431 e. The molecule has 0 spiro atoms. The molecule has 0 aliphatic carbocycles. The third-order valence-corrected chi connectivity index (χ3v) is 2.26. The van der Waals surface area contributed by atoms with Gasteiger partial charge in [-0.15, -0.1) is 10.2 Å². The average molecular weight is 288 g/mol. The van der Waals surface area contributed by atoms with Crippen LogP contribution in [0.4, 0.5) is 13.2 Å². The Bertz CT molecular complexity index is 663. The number of amides is 1. The molecule has 0 bridgehead atoms. The number of alkyl halides is 3. The third kappa shape index (κ3) is 2.99. The number of halogens is 3. The molecule has 0 saturated heterocycles. The molecule has 2 rings (SSSR count). The summed E-state index contributed by atoms with van der Waals surface area (Å²) in [5.41, 5.74) is -2.80. The van der Waals surface area contributed by atoms with E-state index in [-0.39, 0.29) is 12.4 Å². The van der Waals surface area contributed by atoms with Crippen LogP contribution in [-0.4, -0.2) is 31.5 Å². The lowest BCUT2D eigenvalue weighted by Crippen LogP contribution is -2.30. The van der Waals surface area contributed by atoms with E-state index in [4.69, 9.17) is 0 Å². The van der Waals surface area contributed by atoms with E-state index in [2.05, 4.69) is 25.9 Å².